The molecule has 15 heavy (non-hydrogen) atoms. The van der Waals surface area contributed by atoms with Gasteiger partial charge in [-0.25, -0.2) is 4.98 Å². The summed E-state index contributed by atoms with van der Waals surface area (Å²) < 4.78 is 38.1. The summed E-state index contributed by atoms with van der Waals surface area (Å²) in [7, 11) is 0. The number of alkyl halides is 3. The first kappa shape index (κ1) is 9.52. The van der Waals surface area contributed by atoms with Gasteiger partial charge in [0.2, 0.25) is 0 Å². The van der Waals surface area contributed by atoms with E-state index >= 15 is 0 Å². The van der Waals surface area contributed by atoms with Gasteiger partial charge in [-0.1, -0.05) is 0 Å². The Morgan fingerprint density at radius 3 is 2.60 bits per heavy atom. The molecule has 2 aromatic rings. The van der Waals surface area contributed by atoms with Gasteiger partial charge in [0.25, 0.3) is 0 Å². The molecule has 0 aliphatic rings. The molecule has 0 radical (unpaired) electrons. The number of rotatable bonds is 0. The second-order valence-corrected chi connectivity index (χ2v) is 2.92. The minimum atomic E-state index is -4.38. The molecule has 2 rings (SSSR count). The molecular formula is C9H4F3N3. The van der Waals surface area contributed by atoms with Gasteiger partial charge in [0, 0.05) is 12.4 Å². The Kier molecular flexibility index (Phi) is 1.89. The fourth-order valence-electron chi connectivity index (χ4n) is 1.21. The molecule has 6 heteroatoms. The summed E-state index contributed by atoms with van der Waals surface area (Å²) in [5, 5.41) is 8.52. The van der Waals surface area contributed by atoms with E-state index < -0.39 is 11.7 Å². The van der Waals surface area contributed by atoms with Gasteiger partial charge in [0.1, 0.15) is 11.7 Å². The maximum absolute atomic E-state index is 12.3. The Morgan fingerprint density at radius 1 is 1.27 bits per heavy atom. The SMILES string of the molecule is N#Cc1cn2cc(C(F)(F)F)ccc2n1. The Balaban J connectivity index is 2.62. The van der Waals surface area contributed by atoms with Crippen LogP contribution in [0.2, 0.25) is 0 Å². The minimum absolute atomic E-state index is 0.0920. The number of aromatic nitrogens is 2. The van der Waals surface area contributed by atoms with Gasteiger partial charge in [0.05, 0.1) is 5.56 Å². The van der Waals surface area contributed by atoms with E-state index in [0.717, 1.165) is 12.3 Å². The van der Waals surface area contributed by atoms with Crippen molar-refractivity contribution in [1.82, 2.24) is 9.38 Å². The van der Waals surface area contributed by atoms with Crippen molar-refractivity contribution in [3.63, 3.8) is 0 Å². The summed E-state index contributed by atoms with van der Waals surface area (Å²) in [5.41, 5.74) is -0.356. The van der Waals surface area contributed by atoms with Crippen LogP contribution in [0.25, 0.3) is 5.65 Å². The van der Waals surface area contributed by atoms with Crippen LogP contribution in [0.4, 0.5) is 13.2 Å². The monoisotopic (exact) mass is 211 g/mol. The van der Waals surface area contributed by atoms with E-state index in [9.17, 15) is 13.2 Å². The highest BCUT2D eigenvalue weighted by Crippen LogP contribution is 2.29. The van der Waals surface area contributed by atoms with E-state index in [1.54, 1.807) is 6.07 Å². The largest absolute Gasteiger partial charge is 0.417 e. The predicted molar refractivity (Wildman–Crippen MR) is 44.9 cm³/mol. The third-order valence-electron chi connectivity index (χ3n) is 1.89. The fourth-order valence-corrected chi connectivity index (χ4v) is 1.21. The highest BCUT2D eigenvalue weighted by atomic mass is 19.4. The fraction of sp³-hybridized carbons (Fsp3) is 0.111. The van der Waals surface area contributed by atoms with E-state index in [1.807, 2.05) is 0 Å². The Bertz CT molecular complexity index is 548. The lowest BCUT2D eigenvalue weighted by molar-refractivity contribution is -0.137. The number of fused-ring (bicyclic) bond motifs is 1. The predicted octanol–water partition coefficient (Wildman–Crippen LogP) is 2.22. The first-order valence-corrected chi connectivity index (χ1v) is 3.97. The van der Waals surface area contributed by atoms with Crippen LogP contribution < -0.4 is 0 Å². The average molecular weight is 211 g/mol. The molecule has 0 spiro atoms. The molecule has 76 valence electrons. The van der Waals surface area contributed by atoms with Crippen LogP contribution in [-0.2, 0) is 6.18 Å². The second-order valence-electron chi connectivity index (χ2n) is 2.92. The summed E-state index contributed by atoms with van der Waals surface area (Å²) in [6, 6.07) is 3.92. The van der Waals surface area contributed by atoms with Crippen LogP contribution in [0.5, 0.6) is 0 Å². The van der Waals surface area contributed by atoms with Crippen molar-refractivity contribution in [2.24, 2.45) is 0 Å². The molecular weight excluding hydrogens is 207 g/mol. The van der Waals surface area contributed by atoms with E-state index in [4.69, 9.17) is 5.26 Å². The summed E-state index contributed by atoms with van der Waals surface area (Å²) >= 11 is 0. The quantitative estimate of drug-likeness (QED) is 0.670. The first-order chi connectivity index (χ1) is 7.00. The molecule has 0 saturated heterocycles. The molecule has 0 aliphatic carbocycles. The third kappa shape index (κ3) is 1.64. The van der Waals surface area contributed by atoms with E-state index in [2.05, 4.69) is 4.98 Å². The summed E-state index contributed by atoms with van der Waals surface area (Å²) in [6.07, 6.45) is -2.22. The third-order valence-corrected chi connectivity index (χ3v) is 1.89. The van der Waals surface area contributed by atoms with Gasteiger partial charge in [-0.2, -0.15) is 18.4 Å². The van der Waals surface area contributed by atoms with Crippen LogP contribution in [-0.4, -0.2) is 9.38 Å². The molecule has 0 aliphatic heterocycles. The van der Waals surface area contributed by atoms with Crippen LogP contribution in [0, 0.1) is 11.3 Å². The van der Waals surface area contributed by atoms with Crippen LogP contribution in [0.15, 0.2) is 24.5 Å². The van der Waals surface area contributed by atoms with E-state index in [0.29, 0.717) is 5.65 Å². The number of pyridine rings is 1. The minimum Gasteiger partial charge on any atom is -0.305 e. The highest BCUT2D eigenvalue weighted by Gasteiger charge is 2.30. The topological polar surface area (TPSA) is 41.1 Å². The van der Waals surface area contributed by atoms with Gasteiger partial charge in [-0.05, 0) is 12.1 Å². The lowest BCUT2D eigenvalue weighted by atomic mass is 10.3. The van der Waals surface area contributed by atoms with Gasteiger partial charge < -0.3 is 4.40 Å². The lowest BCUT2D eigenvalue weighted by Crippen LogP contribution is -2.05. The zero-order chi connectivity index (χ0) is 11.1. The molecule has 2 heterocycles. The van der Waals surface area contributed by atoms with Gasteiger partial charge in [0.15, 0.2) is 5.69 Å². The molecule has 0 saturated carbocycles. The number of nitriles is 1. The van der Waals surface area contributed by atoms with Crippen molar-refractivity contribution in [3.05, 3.63) is 35.8 Å². The zero-order valence-electron chi connectivity index (χ0n) is 7.28. The molecule has 2 aromatic heterocycles. The molecule has 0 fully saturated rings. The molecule has 0 amide bonds. The van der Waals surface area contributed by atoms with Crippen LogP contribution in [0.1, 0.15) is 11.3 Å². The van der Waals surface area contributed by atoms with Crippen molar-refractivity contribution in [1.29, 1.82) is 5.26 Å². The van der Waals surface area contributed by atoms with Crippen molar-refractivity contribution in [2.45, 2.75) is 6.18 Å². The maximum atomic E-state index is 12.3. The standard InChI is InChI=1S/C9H4F3N3/c10-9(11,12)6-1-2-8-14-7(3-13)5-15(8)4-6/h1-2,4-5H. The van der Waals surface area contributed by atoms with Crippen LogP contribution >= 0.6 is 0 Å². The lowest BCUT2D eigenvalue weighted by Gasteiger charge is -2.05. The van der Waals surface area contributed by atoms with E-state index in [-0.39, 0.29) is 5.69 Å². The molecule has 0 aromatic carbocycles. The molecule has 0 N–H and O–H groups in total. The normalized spacial score (nSPS) is 11.6. The Morgan fingerprint density at radius 2 is 2.00 bits per heavy atom. The molecule has 0 atom stereocenters. The number of nitrogens with zero attached hydrogens (tertiary/aromatic N) is 3. The van der Waals surface area contributed by atoms with Gasteiger partial charge >= 0.3 is 6.18 Å². The summed E-state index contributed by atoms with van der Waals surface area (Å²) in [6.45, 7) is 0. The Hall–Kier alpha value is -2.03. The van der Waals surface area contributed by atoms with Crippen molar-refractivity contribution in [3.8, 4) is 6.07 Å². The number of halogens is 3. The Labute approximate surface area is 82.4 Å². The first-order valence-electron chi connectivity index (χ1n) is 3.97. The van der Waals surface area contributed by atoms with Gasteiger partial charge in [-0.3, -0.25) is 0 Å². The molecule has 3 nitrogen and oxygen atoms in total. The van der Waals surface area contributed by atoms with Crippen LogP contribution in [0.3, 0.4) is 0 Å². The summed E-state index contributed by atoms with van der Waals surface area (Å²) in [4.78, 5) is 3.79. The van der Waals surface area contributed by atoms with Crippen molar-refractivity contribution >= 4 is 5.65 Å². The highest BCUT2D eigenvalue weighted by molar-refractivity contribution is 5.44. The van der Waals surface area contributed by atoms with Crippen molar-refractivity contribution in [2.75, 3.05) is 0 Å². The van der Waals surface area contributed by atoms with Crippen molar-refractivity contribution < 1.29 is 13.2 Å². The van der Waals surface area contributed by atoms with E-state index in [1.165, 1.54) is 16.7 Å². The number of hydrogen-bond donors (Lipinski definition) is 0. The second kappa shape index (κ2) is 2.98. The van der Waals surface area contributed by atoms with Gasteiger partial charge in [-0.15, -0.1) is 0 Å². The maximum Gasteiger partial charge on any atom is 0.417 e. The number of imidazole rings is 1. The molecule has 0 unspecified atom stereocenters. The molecule has 0 bridgehead atoms. The smallest absolute Gasteiger partial charge is 0.305 e. The summed E-state index contributed by atoms with van der Waals surface area (Å²) in [5.74, 6) is 0. The average Bonchev–Trinajstić information content (AvgIpc) is 2.57. The zero-order valence-corrected chi connectivity index (χ0v) is 7.28. The number of hydrogen-bond acceptors (Lipinski definition) is 2.